The molecule has 0 amide bonds. The molecule has 2 aromatic carbocycles. The van der Waals surface area contributed by atoms with Crippen LogP contribution in [-0.2, 0) is 6.54 Å². The Morgan fingerprint density at radius 1 is 1.08 bits per heavy atom. The van der Waals surface area contributed by atoms with Crippen molar-refractivity contribution in [3.63, 3.8) is 0 Å². The summed E-state index contributed by atoms with van der Waals surface area (Å²) in [5.74, 6) is 0.0454. The van der Waals surface area contributed by atoms with E-state index in [1.165, 1.54) is 4.57 Å². The minimum absolute atomic E-state index is 0.219. The Hall–Kier alpha value is -2.53. The van der Waals surface area contributed by atoms with Crippen LogP contribution in [-0.4, -0.2) is 11.2 Å². The number of para-hydroxylation sites is 2. The third-order valence-corrected chi connectivity index (χ3v) is 4.15. The van der Waals surface area contributed by atoms with Crippen molar-refractivity contribution in [3.05, 3.63) is 73.5 Å². The quantitative estimate of drug-likeness (QED) is 0.728. The smallest absolute Gasteiger partial charge is 0.422 e. The van der Waals surface area contributed by atoms with Gasteiger partial charge in [0, 0.05) is 0 Å². The molecule has 0 fully saturated rings. The van der Waals surface area contributed by atoms with E-state index in [4.69, 9.17) is 20.8 Å². The van der Waals surface area contributed by atoms with Gasteiger partial charge in [-0.25, -0.2) is 9.59 Å². The average Bonchev–Trinajstić information content (AvgIpc) is 2.53. The van der Waals surface area contributed by atoms with Gasteiger partial charge in [0.05, 0.1) is 22.5 Å². The van der Waals surface area contributed by atoms with Crippen molar-refractivity contribution in [3.8, 4) is 5.75 Å². The Labute approximate surface area is 143 Å². The number of aromatic nitrogens is 1. The Bertz CT molecular complexity index is 999. The molecule has 0 aliphatic rings. The van der Waals surface area contributed by atoms with Crippen LogP contribution in [0.1, 0.15) is 11.1 Å². The molecule has 24 heavy (non-hydrogen) atoms. The molecule has 5 nitrogen and oxygen atoms in total. The predicted molar refractivity (Wildman–Crippen MR) is 93.2 cm³/mol. The van der Waals surface area contributed by atoms with Crippen LogP contribution in [0.25, 0.3) is 10.9 Å². The topological polar surface area (TPSA) is 61.4 Å². The minimum atomic E-state index is -0.745. The SMILES string of the molecule is Cc1cccc(C)c1OCCn1c(=O)oc(=O)c2cccc(Cl)c21. The van der Waals surface area contributed by atoms with E-state index in [0.29, 0.717) is 10.5 Å². The molecule has 0 unspecified atom stereocenters. The normalized spacial score (nSPS) is 11.0. The lowest BCUT2D eigenvalue weighted by atomic mass is 10.1. The van der Waals surface area contributed by atoms with Crippen molar-refractivity contribution in [1.29, 1.82) is 0 Å². The zero-order valence-corrected chi connectivity index (χ0v) is 14.1. The van der Waals surface area contributed by atoms with Crippen LogP contribution in [0, 0.1) is 13.8 Å². The molecule has 0 bridgehead atoms. The summed E-state index contributed by atoms with van der Waals surface area (Å²) in [5, 5.41) is 0.596. The Kier molecular flexibility index (Phi) is 4.44. The van der Waals surface area contributed by atoms with E-state index < -0.39 is 11.4 Å². The largest absolute Gasteiger partial charge is 0.491 e. The second kappa shape index (κ2) is 6.53. The number of aryl methyl sites for hydroxylation is 2. The molecule has 0 aliphatic heterocycles. The molecular weight excluding hydrogens is 330 g/mol. The molecule has 0 saturated heterocycles. The minimum Gasteiger partial charge on any atom is -0.491 e. The highest BCUT2D eigenvalue weighted by Crippen LogP contribution is 2.23. The molecule has 124 valence electrons. The maximum atomic E-state index is 12.1. The molecule has 0 aliphatic carbocycles. The lowest BCUT2D eigenvalue weighted by molar-refractivity contribution is 0.284. The van der Waals surface area contributed by atoms with E-state index in [-0.39, 0.29) is 18.5 Å². The average molecular weight is 346 g/mol. The van der Waals surface area contributed by atoms with Crippen molar-refractivity contribution < 1.29 is 9.15 Å². The number of benzene rings is 2. The highest BCUT2D eigenvalue weighted by molar-refractivity contribution is 6.35. The summed E-state index contributed by atoms with van der Waals surface area (Å²) in [7, 11) is 0. The summed E-state index contributed by atoms with van der Waals surface area (Å²) in [5.41, 5.74) is 1.71. The van der Waals surface area contributed by atoms with Gasteiger partial charge in [0.15, 0.2) is 0 Å². The third kappa shape index (κ3) is 2.95. The van der Waals surface area contributed by atoms with Crippen LogP contribution in [0.2, 0.25) is 5.02 Å². The molecule has 3 rings (SSSR count). The van der Waals surface area contributed by atoms with Gasteiger partial charge in [0.2, 0.25) is 0 Å². The first kappa shape index (κ1) is 16.3. The van der Waals surface area contributed by atoms with Crippen LogP contribution >= 0.6 is 11.6 Å². The fourth-order valence-electron chi connectivity index (χ4n) is 2.70. The standard InChI is InChI=1S/C18H16ClNO4/c1-11-5-3-6-12(2)16(11)23-10-9-20-15-13(7-4-8-14(15)19)17(21)24-18(20)22/h3-8H,9-10H2,1-2H3. The Balaban J connectivity index is 1.94. The van der Waals surface area contributed by atoms with Gasteiger partial charge in [-0.15, -0.1) is 0 Å². The van der Waals surface area contributed by atoms with E-state index in [1.54, 1.807) is 18.2 Å². The van der Waals surface area contributed by atoms with Crippen molar-refractivity contribution in [2.75, 3.05) is 6.61 Å². The van der Waals surface area contributed by atoms with Gasteiger partial charge < -0.3 is 9.15 Å². The monoisotopic (exact) mass is 345 g/mol. The maximum Gasteiger partial charge on any atom is 0.422 e. The number of rotatable bonds is 4. The molecule has 1 aromatic heterocycles. The molecular formula is C18H16ClNO4. The zero-order chi connectivity index (χ0) is 17.3. The summed E-state index contributed by atoms with van der Waals surface area (Å²) in [6.45, 7) is 4.39. The molecule has 3 aromatic rings. The fraction of sp³-hybridized carbons (Fsp3) is 0.222. The summed E-state index contributed by atoms with van der Waals surface area (Å²) >= 11 is 6.17. The number of halogens is 1. The van der Waals surface area contributed by atoms with Crippen molar-refractivity contribution in [2.45, 2.75) is 20.4 Å². The summed E-state index contributed by atoms with van der Waals surface area (Å²) in [6.07, 6.45) is 0. The molecule has 0 radical (unpaired) electrons. The highest BCUT2D eigenvalue weighted by Gasteiger charge is 2.12. The number of hydrogen-bond donors (Lipinski definition) is 0. The predicted octanol–water partition coefficient (Wildman–Crippen LogP) is 3.30. The highest BCUT2D eigenvalue weighted by atomic mass is 35.5. The second-order valence-corrected chi connectivity index (χ2v) is 5.92. The van der Waals surface area contributed by atoms with Crippen molar-refractivity contribution in [2.24, 2.45) is 0 Å². The number of ether oxygens (including phenoxy) is 1. The van der Waals surface area contributed by atoms with Crippen molar-refractivity contribution >= 4 is 22.5 Å². The van der Waals surface area contributed by atoms with Crippen LogP contribution in [0.15, 0.2) is 50.4 Å². The van der Waals surface area contributed by atoms with Gasteiger partial charge in [-0.3, -0.25) is 4.57 Å². The summed E-state index contributed by atoms with van der Waals surface area (Å²) in [6, 6.07) is 10.7. The van der Waals surface area contributed by atoms with E-state index in [0.717, 1.165) is 16.9 Å². The summed E-state index contributed by atoms with van der Waals surface area (Å²) < 4.78 is 11.9. The summed E-state index contributed by atoms with van der Waals surface area (Å²) in [4.78, 5) is 23.9. The lowest BCUT2D eigenvalue weighted by Crippen LogP contribution is -2.27. The zero-order valence-electron chi connectivity index (χ0n) is 13.3. The van der Waals surface area contributed by atoms with Crippen molar-refractivity contribution in [1.82, 2.24) is 4.57 Å². The molecule has 0 atom stereocenters. The number of nitrogens with zero attached hydrogens (tertiary/aromatic N) is 1. The van der Waals surface area contributed by atoms with Crippen LogP contribution in [0.3, 0.4) is 0 Å². The molecule has 0 saturated carbocycles. The molecule has 1 heterocycles. The van der Waals surface area contributed by atoms with E-state index in [2.05, 4.69) is 0 Å². The van der Waals surface area contributed by atoms with Crippen LogP contribution in [0.5, 0.6) is 5.75 Å². The maximum absolute atomic E-state index is 12.1. The fourth-order valence-corrected chi connectivity index (χ4v) is 2.98. The first-order valence-electron chi connectivity index (χ1n) is 7.50. The van der Waals surface area contributed by atoms with Crippen LogP contribution in [0.4, 0.5) is 0 Å². The second-order valence-electron chi connectivity index (χ2n) is 5.51. The first-order chi connectivity index (χ1) is 11.5. The number of hydrogen-bond acceptors (Lipinski definition) is 4. The molecule has 0 spiro atoms. The van der Waals surface area contributed by atoms with E-state index in [9.17, 15) is 9.59 Å². The lowest BCUT2D eigenvalue weighted by Gasteiger charge is -2.13. The van der Waals surface area contributed by atoms with Gasteiger partial charge >= 0.3 is 11.4 Å². The third-order valence-electron chi connectivity index (χ3n) is 3.85. The molecule has 0 N–H and O–H groups in total. The van der Waals surface area contributed by atoms with Gasteiger partial charge in [-0.2, -0.15) is 0 Å². The van der Waals surface area contributed by atoms with E-state index in [1.807, 2.05) is 32.0 Å². The van der Waals surface area contributed by atoms with Crippen LogP contribution < -0.4 is 16.1 Å². The van der Waals surface area contributed by atoms with Gasteiger partial charge in [0.25, 0.3) is 0 Å². The van der Waals surface area contributed by atoms with Gasteiger partial charge in [0.1, 0.15) is 12.4 Å². The molecule has 6 heteroatoms. The van der Waals surface area contributed by atoms with Gasteiger partial charge in [-0.05, 0) is 37.1 Å². The van der Waals surface area contributed by atoms with E-state index >= 15 is 0 Å². The van der Waals surface area contributed by atoms with Gasteiger partial charge in [-0.1, -0.05) is 35.9 Å². The number of fused-ring (bicyclic) bond motifs is 1. The Morgan fingerprint density at radius 3 is 2.46 bits per heavy atom. The Morgan fingerprint density at radius 2 is 1.75 bits per heavy atom. The first-order valence-corrected chi connectivity index (χ1v) is 7.88.